The summed E-state index contributed by atoms with van der Waals surface area (Å²) in [4.78, 5) is 0. The van der Waals surface area contributed by atoms with Gasteiger partial charge in [0.2, 0.25) is 0 Å². The minimum Gasteiger partial charge on any atom is -0.381 e. The molecule has 88 valence electrons. The average Bonchev–Trinajstić information content (AvgIpc) is 2.20. The lowest BCUT2D eigenvalue weighted by Gasteiger charge is -2.19. The van der Waals surface area contributed by atoms with Gasteiger partial charge in [0.15, 0.2) is 0 Å². The van der Waals surface area contributed by atoms with Crippen LogP contribution in [0.15, 0.2) is 12.7 Å². The topological polar surface area (TPSA) is 9.23 Å². The molecule has 0 aromatic rings. The molecule has 1 aliphatic rings. The van der Waals surface area contributed by atoms with Crippen LogP contribution in [-0.4, -0.2) is 13.2 Å². The van der Waals surface area contributed by atoms with Crippen molar-refractivity contribution in [3.05, 3.63) is 12.7 Å². The molecular formula is C14H26O. The van der Waals surface area contributed by atoms with Crippen LogP contribution in [-0.2, 0) is 4.74 Å². The molecule has 0 heterocycles. The lowest BCUT2D eigenvalue weighted by Crippen LogP contribution is -2.12. The third-order valence-corrected chi connectivity index (χ3v) is 3.28. The van der Waals surface area contributed by atoms with E-state index in [0.717, 1.165) is 32.0 Å². The van der Waals surface area contributed by atoms with Gasteiger partial charge < -0.3 is 4.74 Å². The van der Waals surface area contributed by atoms with Crippen LogP contribution in [0.4, 0.5) is 0 Å². The van der Waals surface area contributed by atoms with Crippen LogP contribution in [0.25, 0.3) is 0 Å². The van der Waals surface area contributed by atoms with E-state index in [2.05, 4.69) is 6.58 Å². The Morgan fingerprint density at radius 3 is 2.40 bits per heavy atom. The molecule has 0 unspecified atom stereocenters. The zero-order valence-corrected chi connectivity index (χ0v) is 10.0. The number of allylic oxidation sites excluding steroid dienone is 1. The molecule has 1 nitrogen and oxygen atoms in total. The lowest BCUT2D eigenvalue weighted by atomic mass is 9.92. The van der Waals surface area contributed by atoms with Gasteiger partial charge in [-0.1, -0.05) is 38.2 Å². The molecule has 0 bridgehead atoms. The van der Waals surface area contributed by atoms with E-state index in [9.17, 15) is 0 Å². The molecule has 0 aliphatic heterocycles. The maximum Gasteiger partial charge on any atom is 0.0494 e. The second kappa shape index (κ2) is 8.96. The number of unbranched alkanes of at least 4 members (excludes halogenated alkanes) is 1. The van der Waals surface area contributed by atoms with Crippen molar-refractivity contribution in [1.29, 1.82) is 0 Å². The minimum absolute atomic E-state index is 0.842. The highest BCUT2D eigenvalue weighted by atomic mass is 16.5. The Hall–Kier alpha value is -0.300. The van der Waals surface area contributed by atoms with Crippen LogP contribution in [0, 0.1) is 5.92 Å². The fourth-order valence-corrected chi connectivity index (χ4v) is 2.29. The highest BCUT2D eigenvalue weighted by Gasteiger charge is 2.10. The van der Waals surface area contributed by atoms with Gasteiger partial charge in [0.05, 0.1) is 0 Å². The van der Waals surface area contributed by atoms with Gasteiger partial charge >= 0.3 is 0 Å². The Morgan fingerprint density at radius 2 is 1.73 bits per heavy atom. The second-order valence-electron chi connectivity index (χ2n) is 4.72. The molecule has 0 aromatic carbocycles. The summed E-state index contributed by atoms with van der Waals surface area (Å²) < 4.78 is 5.72. The molecule has 0 radical (unpaired) electrons. The minimum atomic E-state index is 0.842. The Balaban J connectivity index is 1.99. The maximum absolute atomic E-state index is 5.72. The molecule has 15 heavy (non-hydrogen) atoms. The molecule has 1 aliphatic carbocycles. The van der Waals surface area contributed by atoms with Crippen molar-refractivity contribution in [3.63, 3.8) is 0 Å². The molecule has 1 saturated carbocycles. The summed E-state index contributed by atoms with van der Waals surface area (Å²) in [5.41, 5.74) is 0. The van der Waals surface area contributed by atoms with Gasteiger partial charge in [0.1, 0.15) is 0 Å². The predicted octanol–water partition coefficient (Wildman–Crippen LogP) is 4.33. The molecule has 1 heteroatoms. The highest BCUT2D eigenvalue weighted by Crippen LogP contribution is 2.22. The van der Waals surface area contributed by atoms with Crippen molar-refractivity contribution in [2.24, 2.45) is 5.92 Å². The lowest BCUT2D eigenvalue weighted by molar-refractivity contribution is 0.0881. The van der Waals surface area contributed by atoms with Crippen molar-refractivity contribution < 1.29 is 4.74 Å². The maximum atomic E-state index is 5.72. The van der Waals surface area contributed by atoms with Gasteiger partial charge in [0, 0.05) is 13.2 Å². The van der Waals surface area contributed by atoms with Gasteiger partial charge in [-0.25, -0.2) is 0 Å². The van der Waals surface area contributed by atoms with Crippen LogP contribution < -0.4 is 0 Å². The molecule has 0 N–H and O–H groups in total. The molecule has 0 saturated heterocycles. The molecule has 1 fully saturated rings. The quantitative estimate of drug-likeness (QED) is 0.468. The van der Waals surface area contributed by atoms with Crippen LogP contribution in [0.1, 0.15) is 57.8 Å². The Morgan fingerprint density at radius 1 is 1.07 bits per heavy atom. The summed E-state index contributed by atoms with van der Waals surface area (Å²) >= 11 is 0. The Kier molecular flexibility index (Phi) is 7.63. The average molecular weight is 210 g/mol. The largest absolute Gasteiger partial charge is 0.381 e. The van der Waals surface area contributed by atoms with Gasteiger partial charge in [-0.3, -0.25) is 0 Å². The molecule has 0 aromatic heterocycles. The van der Waals surface area contributed by atoms with Crippen molar-refractivity contribution in [2.75, 3.05) is 13.2 Å². The molecule has 1 rings (SSSR count). The van der Waals surface area contributed by atoms with Crippen LogP contribution >= 0.6 is 0 Å². The van der Waals surface area contributed by atoms with Crippen LogP contribution in [0.3, 0.4) is 0 Å². The van der Waals surface area contributed by atoms with E-state index >= 15 is 0 Å². The first-order valence-electron chi connectivity index (χ1n) is 6.62. The molecule has 0 spiro atoms. The van der Waals surface area contributed by atoms with E-state index in [1.165, 1.54) is 44.9 Å². The summed E-state index contributed by atoms with van der Waals surface area (Å²) in [6.07, 6.45) is 14.1. The summed E-state index contributed by atoms with van der Waals surface area (Å²) in [6, 6.07) is 0. The second-order valence-corrected chi connectivity index (χ2v) is 4.72. The van der Waals surface area contributed by atoms with Crippen molar-refractivity contribution in [3.8, 4) is 0 Å². The fraction of sp³-hybridized carbons (Fsp3) is 0.857. The van der Waals surface area contributed by atoms with Crippen LogP contribution in [0.2, 0.25) is 0 Å². The fourth-order valence-electron chi connectivity index (χ4n) is 2.29. The van der Waals surface area contributed by atoms with Gasteiger partial charge in [-0.05, 0) is 31.6 Å². The number of hydrogen-bond donors (Lipinski definition) is 0. The highest BCUT2D eigenvalue weighted by molar-refractivity contribution is 4.66. The molecular weight excluding hydrogens is 184 g/mol. The van der Waals surface area contributed by atoms with E-state index in [4.69, 9.17) is 4.74 Å². The van der Waals surface area contributed by atoms with E-state index in [1.807, 2.05) is 6.08 Å². The third kappa shape index (κ3) is 6.72. The third-order valence-electron chi connectivity index (χ3n) is 3.28. The first-order chi connectivity index (χ1) is 7.43. The number of ether oxygens (including phenoxy) is 1. The Bertz CT molecular complexity index is 145. The first kappa shape index (κ1) is 12.8. The van der Waals surface area contributed by atoms with Crippen molar-refractivity contribution >= 4 is 0 Å². The standard InChI is InChI=1S/C14H26O/c1-2-3-9-12-15-13-14-10-7-5-4-6-8-11-14/h2,14H,1,3-13H2. The first-order valence-corrected chi connectivity index (χ1v) is 6.62. The van der Waals surface area contributed by atoms with Gasteiger partial charge in [-0.15, -0.1) is 6.58 Å². The molecule has 0 atom stereocenters. The molecule has 0 amide bonds. The zero-order valence-electron chi connectivity index (χ0n) is 10.0. The summed E-state index contributed by atoms with van der Waals surface area (Å²) in [5.74, 6) is 0.842. The van der Waals surface area contributed by atoms with Crippen molar-refractivity contribution in [1.82, 2.24) is 0 Å². The summed E-state index contributed by atoms with van der Waals surface area (Å²) in [6.45, 7) is 5.63. The van der Waals surface area contributed by atoms with E-state index < -0.39 is 0 Å². The van der Waals surface area contributed by atoms with Crippen molar-refractivity contribution in [2.45, 2.75) is 57.8 Å². The van der Waals surface area contributed by atoms with E-state index in [1.54, 1.807) is 0 Å². The number of rotatable bonds is 6. The predicted molar refractivity (Wildman–Crippen MR) is 66.1 cm³/mol. The summed E-state index contributed by atoms with van der Waals surface area (Å²) in [5, 5.41) is 0. The van der Waals surface area contributed by atoms with Gasteiger partial charge in [0.25, 0.3) is 0 Å². The van der Waals surface area contributed by atoms with Crippen LogP contribution in [0.5, 0.6) is 0 Å². The monoisotopic (exact) mass is 210 g/mol. The zero-order chi connectivity index (χ0) is 10.8. The summed E-state index contributed by atoms with van der Waals surface area (Å²) in [7, 11) is 0. The SMILES string of the molecule is C=CCCCOCC1CCCCCCC1. The van der Waals surface area contributed by atoms with E-state index in [-0.39, 0.29) is 0 Å². The normalized spacial score (nSPS) is 19.5. The number of hydrogen-bond acceptors (Lipinski definition) is 1. The van der Waals surface area contributed by atoms with E-state index in [0.29, 0.717) is 0 Å². The van der Waals surface area contributed by atoms with Gasteiger partial charge in [-0.2, -0.15) is 0 Å². The smallest absolute Gasteiger partial charge is 0.0494 e. The Labute approximate surface area is 94.9 Å².